The van der Waals surface area contributed by atoms with Gasteiger partial charge in [-0.3, -0.25) is 4.99 Å². The van der Waals surface area contributed by atoms with Gasteiger partial charge in [0.05, 0.1) is 0 Å². The van der Waals surface area contributed by atoms with E-state index in [-0.39, 0.29) is 24.0 Å². The number of hydrogen-bond donors (Lipinski definition) is 2. The SMILES string of the molecule is CCOCCCN=C(N)NCCN(C)Cc1ccccc1.I. The minimum Gasteiger partial charge on any atom is -0.382 e. The molecule has 126 valence electrons. The van der Waals surface area contributed by atoms with E-state index in [0.29, 0.717) is 12.5 Å². The van der Waals surface area contributed by atoms with Crippen molar-refractivity contribution < 1.29 is 4.74 Å². The highest BCUT2D eigenvalue weighted by Crippen LogP contribution is 2.01. The summed E-state index contributed by atoms with van der Waals surface area (Å²) >= 11 is 0. The third-order valence-electron chi connectivity index (χ3n) is 3.03. The molecule has 0 amide bonds. The van der Waals surface area contributed by atoms with E-state index in [2.05, 4.69) is 46.5 Å². The number of halogens is 1. The van der Waals surface area contributed by atoms with E-state index in [4.69, 9.17) is 10.5 Å². The van der Waals surface area contributed by atoms with Gasteiger partial charge in [-0.15, -0.1) is 24.0 Å². The second-order valence-electron chi connectivity index (χ2n) is 4.97. The summed E-state index contributed by atoms with van der Waals surface area (Å²) in [4.78, 5) is 6.52. The van der Waals surface area contributed by atoms with Crippen LogP contribution in [0.4, 0.5) is 0 Å². The summed E-state index contributed by atoms with van der Waals surface area (Å²) in [6, 6.07) is 10.4. The first-order chi connectivity index (χ1) is 10.2. The molecule has 0 fully saturated rings. The molecule has 0 radical (unpaired) electrons. The normalized spacial score (nSPS) is 11.3. The van der Waals surface area contributed by atoms with Crippen LogP contribution in [0.1, 0.15) is 18.9 Å². The van der Waals surface area contributed by atoms with Crippen molar-refractivity contribution in [1.82, 2.24) is 10.2 Å². The average Bonchev–Trinajstić information content (AvgIpc) is 2.48. The first-order valence-corrected chi connectivity index (χ1v) is 7.56. The van der Waals surface area contributed by atoms with Gasteiger partial charge in [0.25, 0.3) is 0 Å². The van der Waals surface area contributed by atoms with E-state index in [0.717, 1.165) is 39.3 Å². The number of nitrogens with zero attached hydrogens (tertiary/aromatic N) is 2. The Kier molecular flexibility index (Phi) is 13.2. The summed E-state index contributed by atoms with van der Waals surface area (Å²) < 4.78 is 5.25. The molecule has 0 aromatic heterocycles. The van der Waals surface area contributed by atoms with Crippen LogP contribution in [0.25, 0.3) is 0 Å². The van der Waals surface area contributed by atoms with Crippen molar-refractivity contribution in [3.05, 3.63) is 35.9 Å². The molecule has 0 spiro atoms. The van der Waals surface area contributed by atoms with E-state index < -0.39 is 0 Å². The lowest BCUT2D eigenvalue weighted by Crippen LogP contribution is -2.37. The molecule has 3 N–H and O–H groups in total. The minimum absolute atomic E-state index is 0. The Hall–Kier alpha value is -0.860. The predicted molar refractivity (Wildman–Crippen MR) is 104 cm³/mol. The highest BCUT2D eigenvalue weighted by atomic mass is 127. The Labute approximate surface area is 151 Å². The molecule has 0 saturated heterocycles. The summed E-state index contributed by atoms with van der Waals surface area (Å²) in [7, 11) is 2.10. The third kappa shape index (κ3) is 10.8. The summed E-state index contributed by atoms with van der Waals surface area (Å²) in [5.74, 6) is 0.514. The largest absolute Gasteiger partial charge is 0.382 e. The minimum atomic E-state index is 0. The Morgan fingerprint density at radius 2 is 2.05 bits per heavy atom. The lowest BCUT2D eigenvalue weighted by molar-refractivity contribution is 0.146. The van der Waals surface area contributed by atoms with Crippen LogP contribution in [-0.4, -0.2) is 50.8 Å². The monoisotopic (exact) mass is 420 g/mol. The first-order valence-electron chi connectivity index (χ1n) is 7.56. The molecule has 0 aliphatic rings. The summed E-state index contributed by atoms with van der Waals surface area (Å²) in [5, 5.41) is 3.14. The average molecular weight is 420 g/mol. The van der Waals surface area contributed by atoms with Crippen molar-refractivity contribution in [2.75, 3.05) is 39.9 Å². The molecule has 22 heavy (non-hydrogen) atoms. The van der Waals surface area contributed by atoms with Crippen molar-refractivity contribution in [2.24, 2.45) is 10.7 Å². The Morgan fingerprint density at radius 3 is 2.73 bits per heavy atom. The molecule has 0 heterocycles. The van der Waals surface area contributed by atoms with Crippen LogP contribution in [0.3, 0.4) is 0 Å². The van der Waals surface area contributed by atoms with Crippen LogP contribution in [0, 0.1) is 0 Å². The summed E-state index contributed by atoms with van der Waals surface area (Å²) in [5.41, 5.74) is 7.12. The highest BCUT2D eigenvalue weighted by molar-refractivity contribution is 14.0. The Morgan fingerprint density at radius 1 is 1.32 bits per heavy atom. The van der Waals surface area contributed by atoms with Crippen LogP contribution in [0.2, 0.25) is 0 Å². The van der Waals surface area contributed by atoms with Crippen LogP contribution >= 0.6 is 24.0 Å². The molecule has 1 rings (SSSR count). The van der Waals surface area contributed by atoms with Gasteiger partial charge in [0.2, 0.25) is 0 Å². The molecule has 0 atom stereocenters. The number of aliphatic imine (C=N–C) groups is 1. The van der Waals surface area contributed by atoms with Crippen LogP contribution in [0.5, 0.6) is 0 Å². The maximum atomic E-state index is 5.81. The second kappa shape index (κ2) is 13.8. The zero-order chi connectivity index (χ0) is 15.3. The van der Waals surface area contributed by atoms with Gasteiger partial charge in [0, 0.05) is 39.4 Å². The number of likely N-dealkylation sites (N-methyl/N-ethyl adjacent to an activating group) is 1. The van der Waals surface area contributed by atoms with Crippen molar-refractivity contribution in [3.8, 4) is 0 Å². The molecular weight excluding hydrogens is 391 g/mol. The Bertz CT molecular complexity index is 400. The standard InChI is InChI=1S/C16H28N4O.HI/c1-3-21-13-7-10-18-16(17)19-11-12-20(2)14-15-8-5-4-6-9-15;/h4-6,8-9H,3,7,10-14H2,1-2H3,(H3,17,18,19);1H. The lowest BCUT2D eigenvalue weighted by atomic mass is 10.2. The van der Waals surface area contributed by atoms with Gasteiger partial charge in [-0.05, 0) is 26.0 Å². The molecule has 0 bridgehead atoms. The molecule has 1 aromatic carbocycles. The molecule has 1 aromatic rings. The summed E-state index contributed by atoms with van der Waals surface area (Å²) in [6.07, 6.45) is 0.907. The van der Waals surface area contributed by atoms with E-state index in [1.165, 1.54) is 5.56 Å². The number of rotatable bonds is 10. The highest BCUT2D eigenvalue weighted by Gasteiger charge is 2.00. The molecule has 0 saturated carbocycles. The molecule has 6 heteroatoms. The quantitative estimate of drug-likeness (QED) is 0.263. The van der Waals surface area contributed by atoms with E-state index in [1.807, 2.05) is 13.0 Å². The van der Waals surface area contributed by atoms with Crippen LogP contribution in [-0.2, 0) is 11.3 Å². The number of nitrogens with two attached hydrogens (primary N) is 1. The van der Waals surface area contributed by atoms with E-state index in [9.17, 15) is 0 Å². The third-order valence-corrected chi connectivity index (χ3v) is 3.03. The van der Waals surface area contributed by atoms with E-state index in [1.54, 1.807) is 0 Å². The second-order valence-corrected chi connectivity index (χ2v) is 4.97. The number of ether oxygens (including phenoxy) is 1. The fourth-order valence-corrected chi connectivity index (χ4v) is 1.92. The van der Waals surface area contributed by atoms with Gasteiger partial charge in [-0.2, -0.15) is 0 Å². The van der Waals surface area contributed by atoms with Gasteiger partial charge < -0.3 is 20.7 Å². The molecule has 0 aliphatic heterocycles. The topological polar surface area (TPSA) is 62.9 Å². The zero-order valence-electron chi connectivity index (χ0n) is 13.6. The predicted octanol–water partition coefficient (Wildman–Crippen LogP) is 2.07. The van der Waals surface area contributed by atoms with Crippen LogP contribution in [0.15, 0.2) is 35.3 Å². The number of nitrogens with one attached hydrogen (secondary N) is 1. The molecule has 5 nitrogen and oxygen atoms in total. The van der Waals surface area contributed by atoms with Crippen LogP contribution < -0.4 is 11.1 Å². The van der Waals surface area contributed by atoms with Crippen molar-refractivity contribution in [3.63, 3.8) is 0 Å². The molecular formula is C16H29IN4O. The Balaban J connectivity index is 0.00000441. The lowest BCUT2D eigenvalue weighted by Gasteiger charge is -2.17. The van der Waals surface area contributed by atoms with Gasteiger partial charge in [0.1, 0.15) is 0 Å². The fourth-order valence-electron chi connectivity index (χ4n) is 1.92. The van der Waals surface area contributed by atoms with Crippen molar-refractivity contribution in [1.29, 1.82) is 0 Å². The van der Waals surface area contributed by atoms with Gasteiger partial charge in [-0.25, -0.2) is 0 Å². The first kappa shape index (κ1) is 21.1. The van der Waals surface area contributed by atoms with Crippen molar-refractivity contribution in [2.45, 2.75) is 19.9 Å². The maximum absolute atomic E-state index is 5.81. The number of benzene rings is 1. The number of guanidine groups is 1. The molecule has 0 unspecified atom stereocenters. The smallest absolute Gasteiger partial charge is 0.188 e. The van der Waals surface area contributed by atoms with Gasteiger partial charge >= 0.3 is 0 Å². The zero-order valence-corrected chi connectivity index (χ0v) is 16.0. The maximum Gasteiger partial charge on any atom is 0.188 e. The summed E-state index contributed by atoms with van der Waals surface area (Å²) in [6.45, 7) is 6.85. The van der Waals surface area contributed by atoms with E-state index >= 15 is 0 Å². The van der Waals surface area contributed by atoms with Gasteiger partial charge in [-0.1, -0.05) is 30.3 Å². The fraction of sp³-hybridized carbons (Fsp3) is 0.562. The number of hydrogen-bond acceptors (Lipinski definition) is 3. The molecule has 0 aliphatic carbocycles. The van der Waals surface area contributed by atoms with Crippen molar-refractivity contribution >= 4 is 29.9 Å². The van der Waals surface area contributed by atoms with Gasteiger partial charge in [0.15, 0.2) is 5.96 Å².